The van der Waals surface area contributed by atoms with E-state index in [1.165, 1.54) is 6.07 Å². The summed E-state index contributed by atoms with van der Waals surface area (Å²) in [5, 5.41) is 0. The maximum atomic E-state index is 14.4. The second-order valence-electron chi connectivity index (χ2n) is 7.09. The van der Waals surface area contributed by atoms with Crippen molar-refractivity contribution in [3.8, 4) is 11.5 Å². The molecule has 0 N–H and O–H groups in total. The molecule has 3 aromatic rings. The van der Waals surface area contributed by atoms with Gasteiger partial charge in [-0.05, 0) is 47.4 Å². The summed E-state index contributed by atoms with van der Waals surface area (Å²) in [6.45, 7) is 0.387. The number of halogens is 2. The van der Waals surface area contributed by atoms with Crippen LogP contribution in [0, 0.1) is 11.6 Å². The Kier molecular flexibility index (Phi) is 5.40. The summed E-state index contributed by atoms with van der Waals surface area (Å²) >= 11 is 0. The minimum atomic E-state index is -0.870. The van der Waals surface area contributed by atoms with Crippen molar-refractivity contribution in [3.63, 3.8) is 0 Å². The standard InChI is InChI=1S/C24H21F2NO3/c1-29-21-12-16-10-11-27(24(28)18-9-8-17(25)13-20(18)26)23(15-6-4-3-5-7-15)19(16)14-22(21)30-2/h3-9,12-14,23H,10-11H2,1-2H3/t23-/m1/s1. The van der Waals surface area contributed by atoms with Gasteiger partial charge in [-0.3, -0.25) is 4.79 Å². The molecule has 1 aliphatic heterocycles. The average Bonchev–Trinajstić information content (AvgIpc) is 2.77. The van der Waals surface area contributed by atoms with Gasteiger partial charge in [-0.15, -0.1) is 0 Å². The number of ether oxygens (including phenoxy) is 2. The van der Waals surface area contributed by atoms with Gasteiger partial charge in [0.1, 0.15) is 11.6 Å². The predicted octanol–water partition coefficient (Wildman–Crippen LogP) is 4.77. The lowest BCUT2D eigenvalue weighted by atomic mass is 9.87. The van der Waals surface area contributed by atoms with E-state index in [0.29, 0.717) is 24.5 Å². The summed E-state index contributed by atoms with van der Waals surface area (Å²) in [5.41, 5.74) is 2.66. The van der Waals surface area contributed by atoms with Crippen LogP contribution in [-0.2, 0) is 6.42 Å². The number of nitrogens with zero attached hydrogens (tertiary/aromatic N) is 1. The van der Waals surface area contributed by atoms with Crippen LogP contribution in [0.5, 0.6) is 11.5 Å². The van der Waals surface area contributed by atoms with Gasteiger partial charge in [-0.2, -0.15) is 0 Å². The average molecular weight is 409 g/mol. The highest BCUT2D eigenvalue weighted by atomic mass is 19.1. The zero-order chi connectivity index (χ0) is 21.3. The van der Waals surface area contributed by atoms with Gasteiger partial charge in [-0.25, -0.2) is 8.78 Å². The van der Waals surface area contributed by atoms with Crippen LogP contribution in [0.2, 0.25) is 0 Å². The molecule has 0 aromatic heterocycles. The highest BCUT2D eigenvalue weighted by Gasteiger charge is 2.34. The molecular formula is C24H21F2NO3. The molecule has 6 heteroatoms. The van der Waals surface area contributed by atoms with Crippen LogP contribution in [0.25, 0.3) is 0 Å². The molecule has 4 rings (SSSR count). The van der Waals surface area contributed by atoms with E-state index < -0.39 is 23.6 Å². The van der Waals surface area contributed by atoms with Crippen molar-refractivity contribution < 1.29 is 23.0 Å². The minimum absolute atomic E-state index is 0.152. The molecule has 0 unspecified atom stereocenters. The van der Waals surface area contributed by atoms with E-state index in [2.05, 4.69) is 0 Å². The van der Waals surface area contributed by atoms with Crippen LogP contribution in [-0.4, -0.2) is 31.6 Å². The second-order valence-corrected chi connectivity index (χ2v) is 7.09. The number of methoxy groups -OCH3 is 2. The van der Waals surface area contributed by atoms with E-state index in [0.717, 1.165) is 28.8 Å². The van der Waals surface area contributed by atoms with Crippen molar-refractivity contribution in [2.75, 3.05) is 20.8 Å². The fraction of sp³-hybridized carbons (Fsp3) is 0.208. The van der Waals surface area contributed by atoms with Gasteiger partial charge < -0.3 is 14.4 Å². The maximum Gasteiger partial charge on any atom is 0.257 e. The highest BCUT2D eigenvalue weighted by molar-refractivity contribution is 5.95. The molecule has 1 atom stereocenters. The number of rotatable bonds is 4. The van der Waals surface area contributed by atoms with Crippen LogP contribution >= 0.6 is 0 Å². The molecule has 0 saturated carbocycles. The number of carbonyl (C=O) groups excluding carboxylic acids is 1. The van der Waals surface area contributed by atoms with Gasteiger partial charge in [0.15, 0.2) is 11.5 Å². The molecule has 3 aromatic carbocycles. The third-order valence-corrected chi connectivity index (χ3v) is 5.41. The lowest BCUT2D eigenvalue weighted by molar-refractivity contribution is 0.0689. The van der Waals surface area contributed by atoms with Gasteiger partial charge in [0.2, 0.25) is 0 Å². The number of fused-ring (bicyclic) bond motifs is 1. The molecular weight excluding hydrogens is 388 g/mol. The van der Waals surface area contributed by atoms with Crippen LogP contribution in [0.4, 0.5) is 8.78 Å². The van der Waals surface area contributed by atoms with E-state index in [1.807, 2.05) is 42.5 Å². The molecule has 0 aliphatic carbocycles. The van der Waals surface area contributed by atoms with Crippen molar-refractivity contribution in [2.24, 2.45) is 0 Å². The third-order valence-electron chi connectivity index (χ3n) is 5.41. The fourth-order valence-corrected chi connectivity index (χ4v) is 3.98. The van der Waals surface area contributed by atoms with E-state index >= 15 is 0 Å². The van der Waals surface area contributed by atoms with Crippen molar-refractivity contribution in [1.82, 2.24) is 4.90 Å². The summed E-state index contributed by atoms with van der Waals surface area (Å²) in [4.78, 5) is 14.9. The quantitative estimate of drug-likeness (QED) is 0.623. The first-order valence-corrected chi connectivity index (χ1v) is 9.59. The van der Waals surface area contributed by atoms with Gasteiger partial charge in [-0.1, -0.05) is 30.3 Å². The number of carbonyl (C=O) groups is 1. The molecule has 30 heavy (non-hydrogen) atoms. The Hall–Kier alpha value is -3.41. The van der Waals surface area contributed by atoms with E-state index in [1.54, 1.807) is 19.1 Å². The van der Waals surface area contributed by atoms with Crippen LogP contribution in [0.15, 0.2) is 60.7 Å². The summed E-state index contributed by atoms with van der Waals surface area (Å²) in [6.07, 6.45) is 0.577. The largest absolute Gasteiger partial charge is 0.493 e. The Morgan fingerprint density at radius 2 is 1.67 bits per heavy atom. The van der Waals surface area contributed by atoms with Gasteiger partial charge in [0.05, 0.1) is 25.8 Å². The summed E-state index contributed by atoms with van der Waals surface area (Å²) in [7, 11) is 3.14. The molecule has 1 aliphatic rings. The third kappa shape index (κ3) is 3.49. The molecule has 0 bridgehead atoms. The lowest BCUT2D eigenvalue weighted by Crippen LogP contribution is -2.41. The molecule has 1 heterocycles. The Labute approximate surface area is 173 Å². The Morgan fingerprint density at radius 1 is 0.967 bits per heavy atom. The zero-order valence-corrected chi connectivity index (χ0v) is 16.7. The highest BCUT2D eigenvalue weighted by Crippen LogP contribution is 2.41. The van der Waals surface area contributed by atoms with E-state index in [4.69, 9.17) is 9.47 Å². The van der Waals surface area contributed by atoms with Crippen molar-refractivity contribution >= 4 is 5.91 Å². The molecule has 1 amide bonds. The Morgan fingerprint density at radius 3 is 2.33 bits per heavy atom. The summed E-state index contributed by atoms with van der Waals surface area (Å²) in [5.74, 6) is -0.900. The molecule has 0 spiro atoms. The maximum absolute atomic E-state index is 14.4. The molecule has 154 valence electrons. The van der Waals surface area contributed by atoms with Crippen molar-refractivity contribution in [2.45, 2.75) is 12.5 Å². The monoisotopic (exact) mass is 409 g/mol. The Balaban J connectivity index is 1.85. The zero-order valence-electron chi connectivity index (χ0n) is 16.7. The summed E-state index contributed by atoms with van der Waals surface area (Å²) < 4.78 is 38.6. The first-order chi connectivity index (χ1) is 14.5. The van der Waals surface area contributed by atoms with E-state index in [-0.39, 0.29) is 5.56 Å². The van der Waals surface area contributed by atoms with Crippen LogP contribution in [0.1, 0.15) is 33.1 Å². The molecule has 0 saturated heterocycles. The van der Waals surface area contributed by atoms with Crippen LogP contribution < -0.4 is 9.47 Å². The lowest BCUT2D eigenvalue weighted by Gasteiger charge is -2.38. The normalized spacial score (nSPS) is 15.5. The fourth-order valence-electron chi connectivity index (χ4n) is 3.98. The van der Waals surface area contributed by atoms with Gasteiger partial charge >= 0.3 is 0 Å². The first kappa shape index (κ1) is 19.9. The second kappa shape index (κ2) is 8.14. The molecule has 0 radical (unpaired) electrons. The number of hydrogen-bond donors (Lipinski definition) is 0. The Bertz CT molecular complexity index is 1090. The summed E-state index contributed by atoms with van der Waals surface area (Å²) in [6, 6.07) is 15.9. The van der Waals surface area contributed by atoms with E-state index in [9.17, 15) is 13.6 Å². The number of benzene rings is 3. The topological polar surface area (TPSA) is 38.8 Å². The molecule has 0 fully saturated rings. The number of hydrogen-bond acceptors (Lipinski definition) is 3. The first-order valence-electron chi connectivity index (χ1n) is 9.59. The molecule has 4 nitrogen and oxygen atoms in total. The van der Waals surface area contributed by atoms with Crippen molar-refractivity contribution in [1.29, 1.82) is 0 Å². The van der Waals surface area contributed by atoms with Crippen LogP contribution in [0.3, 0.4) is 0 Å². The van der Waals surface area contributed by atoms with Crippen molar-refractivity contribution in [3.05, 3.63) is 94.6 Å². The SMILES string of the molecule is COc1cc2c(cc1OC)[C@@H](c1ccccc1)N(C(=O)c1ccc(F)cc1F)CC2. The van der Waals surface area contributed by atoms with Gasteiger partial charge in [0.25, 0.3) is 5.91 Å². The smallest absolute Gasteiger partial charge is 0.257 e. The van der Waals surface area contributed by atoms with Gasteiger partial charge in [0, 0.05) is 12.6 Å². The number of amides is 1. The predicted molar refractivity (Wildman–Crippen MR) is 109 cm³/mol. The minimum Gasteiger partial charge on any atom is -0.493 e.